The zero-order valence-electron chi connectivity index (χ0n) is 21.9. The third-order valence-corrected chi connectivity index (χ3v) is 9.39. The lowest BCUT2D eigenvalue weighted by molar-refractivity contribution is -0.156. The summed E-state index contributed by atoms with van der Waals surface area (Å²) in [6, 6.07) is 6.72. The van der Waals surface area contributed by atoms with Crippen LogP contribution in [-0.2, 0) is 15.2 Å². The third kappa shape index (κ3) is 5.57. The van der Waals surface area contributed by atoms with Crippen molar-refractivity contribution >= 4 is 35.0 Å². The van der Waals surface area contributed by atoms with Crippen molar-refractivity contribution in [2.45, 2.75) is 88.8 Å². The second-order valence-corrected chi connectivity index (χ2v) is 13.4. The quantitative estimate of drug-likeness (QED) is 0.468. The minimum absolute atomic E-state index is 0.0370. The van der Waals surface area contributed by atoms with Crippen LogP contribution in [0.25, 0.3) is 0 Å². The van der Waals surface area contributed by atoms with Crippen molar-refractivity contribution in [2.75, 3.05) is 19.6 Å². The number of alkyl halides is 1. The lowest BCUT2D eigenvalue weighted by Gasteiger charge is -2.51. The zero-order chi connectivity index (χ0) is 26.3. The highest BCUT2D eigenvalue weighted by molar-refractivity contribution is 6.30. The van der Waals surface area contributed by atoms with Crippen LogP contribution in [0.4, 0.5) is 0 Å². The first-order valence-electron chi connectivity index (χ1n) is 13.3. The summed E-state index contributed by atoms with van der Waals surface area (Å²) < 4.78 is 0. The van der Waals surface area contributed by atoms with Crippen molar-refractivity contribution in [3.8, 4) is 0 Å². The number of piperidine rings is 1. The number of rotatable bonds is 6. The molecule has 36 heavy (non-hydrogen) atoms. The maximum absolute atomic E-state index is 13.6. The highest BCUT2D eigenvalue weighted by Gasteiger charge is 2.50. The number of amides is 2. The highest BCUT2D eigenvalue weighted by atomic mass is 35.5. The Kier molecular flexibility index (Phi) is 8.03. The van der Waals surface area contributed by atoms with Crippen molar-refractivity contribution < 1.29 is 14.7 Å². The summed E-state index contributed by atoms with van der Waals surface area (Å²) in [5.74, 6) is 0.143. The van der Waals surface area contributed by atoms with E-state index in [1.54, 1.807) is 12.1 Å². The minimum Gasteiger partial charge on any atom is -0.384 e. The van der Waals surface area contributed by atoms with Gasteiger partial charge in [-0.3, -0.25) is 9.59 Å². The van der Waals surface area contributed by atoms with Crippen molar-refractivity contribution in [2.24, 2.45) is 17.3 Å². The molecular formula is C28H41Cl2N3O3. The van der Waals surface area contributed by atoms with Crippen LogP contribution in [-0.4, -0.2) is 58.4 Å². The Morgan fingerprint density at radius 3 is 2.47 bits per heavy atom. The van der Waals surface area contributed by atoms with E-state index in [1.165, 1.54) is 0 Å². The molecule has 3 fully saturated rings. The zero-order valence-corrected chi connectivity index (χ0v) is 23.5. The van der Waals surface area contributed by atoms with Gasteiger partial charge in [0, 0.05) is 47.4 Å². The first-order chi connectivity index (χ1) is 16.8. The van der Waals surface area contributed by atoms with Crippen LogP contribution < -0.4 is 10.6 Å². The topological polar surface area (TPSA) is 81.7 Å². The summed E-state index contributed by atoms with van der Waals surface area (Å²) in [7, 11) is 0. The van der Waals surface area contributed by atoms with E-state index in [0.717, 1.165) is 37.8 Å². The Bertz CT molecular complexity index is 969. The van der Waals surface area contributed by atoms with Crippen LogP contribution in [0.15, 0.2) is 24.3 Å². The Hall–Kier alpha value is -1.34. The molecule has 0 aromatic heterocycles. The summed E-state index contributed by atoms with van der Waals surface area (Å²) in [4.78, 5) is 28.5. The number of aliphatic hydroxyl groups is 1. The maximum Gasteiger partial charge on any atom is 0.245 e. The Morgan fingerprint density at radius 2 is 1.89 bits per heavy atom. The highest BCUT2D eigenvalue weighted by Crippen LogP contribution is 2.46. The second-order valence-electron chi connectivity index (χ2n) is 12.3. The van der Waals surface area contributed by atoms with E-state index in [4.69, 9.17) is 23.2 Å². The van der Waals surface area contributed by atoms with E-state index in [9.17, 15) is 14.7 Å². The Labute approximate surface area is 225 Å². The van der Waals surface area contributed by atoms with Crippen molar-refractivity contribution in [3.05, 3.63) is 34.9 Å². The fourth-order valence-electron chi connectivity index (χ4n) is 6.63. The first kappa shape index (κ1) is 27.7. The predicted molar refractivity (Wildman–Crippen MR) is 144 cm³/mol. The second kappa shape index (κ2) is 10.4. The molecule has 6 nitrogen and oxygen atoms in total. The molecule has 2 saturated heterocycles. The number of nitrogens with zero attached hydrogens (tertiary/aromatic N) is 1. The molecule has 4 rings (SSSR count). The van der Waals surface area contributed by atoms with Gasteiger partial charge in [0.2, 0.25) is 11.8 Å². The van der Waals surface area contributed by atoms with Gasteiger partial charge in [-0.05, 0) is 61.6 Å². The molecule has 3 aliphatic rings. The number of halogens is 2. The molecule has 2 heterocycles. The van der Waals surface area contributed by atoms with Gasteiger partial charge < -0.3 is 20.6 Å². The maximum atomic E-state index is 13.6. The van der Waals surface area contributed by atoms with Gasteiger partial charge in [-0.15, -0.1) is 11.6 Å². The number of hydrogen-bond donors (Lipinski definition) is 3. The van der Waals surface area contributed by atoms with Gasteiger partial charge in [0.25, 0.3) is 0 Å². The summed E-state index contributed by atoms with van der Waals surface area (Å²) in [5.41, 5.74) is -0.748. The molecule has 3 N–H and O–H groups in total. The van der Waals surface area contributed by atoms with Crippen LogP contribution in [0.2, 0.25) is 5.02 Å². The molecule has 2 amide bonds. The molecule has 2 unspecified atom stereocenters. The molecule has 0 radical (unpaired) electrons. The number of carbonyl (C=O) groups excluding carboxylic acids is 2. The molecule has 5 atom stereocenters. The van der Waals surface area contributed by atoms with Gasteiger partial charge in [-0.1, -0.05) is 51.4 Å². The van der Waals surface area contributed by atoms with Crippen molar-refractivity contribution in [3.63, 3.8) is 0 Å². The monoisotopic (exact) mass is 537 g/mol. The largest absolute Gasteiger partial charge is 0.384 e. The number of nitrogens with one attached hydrogen (secondary N) is 2. The number of benzene rings is 1. The van der Waals surface area contributed by atoms with E-state index in [0.29, 0.717) is 36.9 Å². The molecule has 1 aliphatic carbocycles. The van der Waals surface area contributed by atoms with Crippen LogP contribution >= 0.6 is 23.2 Å². The van der Waals surface area contributed by atoms with E-state index in [1.807, 2.05) is 44.7 Å². The molecule has 1 aromatic rings. The molecular weight excluding hydrogens is 497 g/mol. The van der Waals surface area contributed by atoms with Crippen LogP contribution in [0, 0.1) is 17.3 Å². The van der Waals surface area contributed by atoms with E-state index in [2.05, 4.69) is 10.6 Å². The van der Waals surface area contributed by atoms with Gasteiger partial charge in [-0.25, -0.2) is 0 Å². The molecule has 1 saturated carbocycles. The van der Waals surface area contributed by atoms with E-state index >= 15 is 0 Å². The fourth-order valence-corrected chi connectivity index (χ4v) is 7.13. The fraction of sp³-hybridized carbons (Fsp3) is 0.714. The molecule has 1 aromatic carbocycles. The molecule has 1 spiro atoms. The van der Waals surface area contributed by atoms with Crippen LogP contribution in [0.5, 0.6) is 0 Å². The standard InChI is InChI=1S/C28H41Cl2N3O3/c1-18(2)24(32-23(34)13-19-9-10-27(14-19)15-22(30)16-31-27)25(35)33-12-11-28(36,26(3,4)17-33)20-5-7-21(29)8-6-20/h5-8,18-19,22,24,31,36H,9-17H2,1-4H3,(H,32,34)/t19-,22?,24+,27?,28-/m0/s1. The van der Waals surface area contributed by atoms with E-state index in [-0.39, 0.29) is 28.6 Å². The van der Waals surface area contributed by atoms with Gasteiger partial charge in [-0.2, -0.15) is 0 Å². The summed E-state index contributed by atoms with van der Waals surface area (Å²) in [5, 5.41) is 19.1. The first-order valence-corrected chi connectivity index (χ1v) is 14.1. The molecule has 8 heteroatoms. The molecule has 200 valence electrons. The van der Waals surface area contributed by atoms with Crippen LogP contribution in [0.3, 0.4) is 0 Å². The lowest BCUT2D eigenvalue weighted by Crippen LogP contribution is -2.60. The van der Waals surface area contributed by atoms with Crippen LogP contribution in [0.1, 0.15) is 71.8 Å². The Balaban J connectivity index is 1.37. The smallest absolute Gasteiger partial charge is 0.245 e. The summed E-state index contributed by atoms with van der Waals surface area (Å²) >= 11 is 12.4. The van der Waals surface area contributed by atoms with Gasteiger partial charge in [0.1, 0.15) is 6.04 Å². The number of carbonyl (C=O) groups is 2. The lowest BCUT2D eigenvalue weighted by atomic mass is 9.66. The minimum atomic E-state index is -1.07. The van der Waals surface area contributed by atoms with Gasteiger partial charge >= 0.3 is 0 Å². The average Bonchev–Trinajstić information content (AvgIpc) is 3.37. The van der Waals surface area contributed by atoms with Crippen molar-refractivity contribution in [1.29, 1.82) is 0 Å². The normalized spacial score (nSPS) is 32.7. The van der Waals surface area contributed by atoms with E-state index < -0.39 is 17.1 Å². The van der Waals surface area contributed by atoms with Gasteiger partial charge in [0.15, 0.2) is 0 Å². The van der Waals surface area contributed by atoms with Gasteiger partial charge in [0.05, 0.1) is 5.60 Å². The Morgan fingerprint density at radius 1 is 1.19 bits per heavy atom. The summed E-state index contributed by atoms with van der Waals surface area (Å²) in [6.07, 6.45) is 4.86. The third-order valence-electron chi connectivity index (χ3n) is 8.83. The number of hydrogen-bond acceptors (Lipinski definition) is 4. The number of likely N-dealkylation sites (tertiary alicyclic amines) is 1. The predicted octanol–water partition coefficient (Wildman–Crippen LogP) is 4.46. The SMILES string of the molecule is CC(C)[C@@H](NC(=O)C[C@@H]1CCC2(CC(Cl)CN2)C1)C(=O)N1CC[C@](O)(c2ccc(Cl)cc2)C(C)(C)C1. The summed E-state index contributed by atoms with van der Waals surface area (Å²) in [6.45, 7) is 9.58. The van der Waals surface area contributed by atoms with Crippen molar-refractivity contribution in [1.82, 2.24) is 15.5 Å². The molecule has 0 bridgehead atoms. The average molecular weight is 539 g/mol. The molecule has 2 aliphatic heterocycles.